The van der Waals surface area contributed by atoms with Gasteiger partial charge in [0.15, 0.2) is 0 Å². The molecule has 25 heavy (non-hydrogen) atoms. The first-order valence-corrected chi connectivity index (χ1v) is 8.59. The number of ether oxygens (including phenoxy) is 2. The molecular formula is C15H10N6O2S2. The highest BCUT2D eigenvalue weighted by Gasteiger charge is 2.15. The highest BCUT2D eigenvalue weighted by molar-refractivity contribution is 6.99. The van der Waals surface area contributed by atoms with E-state index in [-0.39, 0.29) is 6.79 Å². The van der Waals surface area contributed by atoms with Gasteiger partial charge < -0.3 is 9.47 Å². The zero-order valence-corrected chi connectivity index (χ0v) is 14.3. The molecule has 0 aromatic carbocycles. The van der Waals surface area contributed by atoms with Crippen LogP contribution < -0.4 is 9.47 Å². The van der Waals surface area contributed by atoms with Gasteiger partial charge in [-0.15, -0.1) is 8.75 Å². The minimum atomic E-state index is -0.0582. The van der Waals surface area contributed by atoms with Gasteiger partial charge in [0.05, 0.1) is 23.5 Å². The number of pyridine rings is 2. The van der Waals surface area contributed by atoms with Gasteiger partial charge in [0.2, 0.25) is 6.79 Å². The standard InChI is InChI=1S/C15H10N6O2S2/c1-3-10(7-16-5-1)12-14(20-24-18-12)22-9-23-15-13(19-25-21-15)11-4-2-6-17-8-11/h1-8H,9H2. The quantitative estimate of drug-likeness (QED) is 0.478. The maximum absolute atomic E-state index is 5.60. The van der Waals surface area contributed by atoms with Gasteiger partial charge >= 0.3 is 0 Å². The fourth-order valence-electron chi connectivity index (χ4n) is 2.05. The number of aromatic nitrogens is 6. The lowest BCUT2D eigenvalue weighted by Gasteiger charge is -2.06. The normalized spacial score (nSPS) is 10.6. The van der Waals surface area contributed by atoms with Gasteiger partial charge in [0.25, 0.3) is 11.8 Å². The summed E-state index contributed by atoms with van der Waals surface area (Å²) in [5.41, 5.74) is 2.92. The van der Waals surface area contributed by atoms with Crippen LogP contribution in [0.15, 0.2) is 49.1 Å². The second-order valence-electron chi connectivity index (χ2n) is 4.73. The molecule has 0 aliphatic carbocycles. The summed E-state index contributed by atoms with van der Waals surface area (Å²) in [6.07, 6.45) is 6.80. The molecule has 0 radical (unpaired) electrons. The van der Waals surface area contributed by atoms with Crippen molar-refractivity contribution in [3.05, 3.63) is 49.1 Å². The third-order valence-corrected chi connectivity index (χ3v) is 4.20. The summed E-state index contributed by atoms with van der Waals surface area (Å²) in [6.45, 7) is -0.0582. The summed E-state index contributed by atoms with van der Waals surface area (Å²) in [7, 11) is 0. The van der Waals surface area contributed by atoms with Gasteiger partial charge in [0.1, 0.15) is 11.4 Å². The van der Waals surface area contributed by atoms with E-state index in [1.54, 1.807) is 24.8 Å². The van der Waals surface area contributed by atoms with Crippen LogP contribution in [-0.2, 0) is 0 Å². The van der Waals surface area contributed by atoms with Crippen molar-refractivity contribution in [3.63, 3.8) is 0 Å². The number of hydrogen-bond donors (Lipinski definition) is 0. The van der Waals surface area contributed by atoms with Crippen LogP contribution in [0, 0.1) is 0 Å². The molecule has 0 fully saturated rings. The van der Waals surface area contributed by atoms with E-state index in [0.717, 1.165) is 34.6 Å². The Balaban J connectivity index is 1.45. The Morgan fingerprint density at radius 3 is 1.68 bits per heavy atom. The molecule has 4 heterocycles. The van der Waals surface area contributed by atoms with Gasteiger partial charge in [-0.25, -0.2) is 0 Å². The van der Waals surface area contributed by atoms with E-state index in [2.05, 4.69) is 27.5 Å². The predicted octanol–water partition coefficient (Wildman–Crippen LogP) is 2.93. The van der Waals surface area contributed by atoms with Gasteiger partial charge in [-0.2, -0.15) is 8.75 Å². The van der Waals surface area contributed by atoms with E-state index in [9.17, 15) is 0 Å². The fraction of sp³-hybridized carbons (Fsp3) is 0.0667. The van der Waals surface area contributed by atoms with Crippen LogP contribution in [0.2, 0.25) is 0 Å². The molecule has 0 aliphatic rings. The molecular weight excluding hydrogens is 360 g/mol. The second kappa shape index (κ2) is 7.28. The minimum absolute atomic E-state index is 0.0582. The summed E-state index contributed by atoms with van der Waals surface area (Å²) in [5.74, 6) is 0.785. The molecule has 4 rings (SSSR count). The summed E-state index contributed by atoms with van der Waals surface area (Å²) in [6, 6.07) is 7.44. The monoisotopic (exact) mass is 370 g/mol. The molecule has 0 aliphatic heterocycles. The van der Waals surface area contributed by atoms with E-state index in [1.807, 2.05) is 24.3 Å². The smallest absolute Gasteiger partial charge is 0.256 e. The largest absolute Gasteiger partial charge is 0.438 e. The molecule has 124 valence electrons. The first kappa shape index (κ1) is 15.5. The van der Waals surface area contributed by atoms with E-state index in [0.29, 0.717) is 23.1 Å². The molecule has 4 aromatic rings. The summed E-state index contributed by atoms with van der Waals surface area (Å²) >= 11 is 2.13. The first-order valence-electron chi connectivity index (χ1n) is 7.13. The summed E-state index contributed by atoms with van der Waals surface area (Å²) in [5, 5.41) is 0. The fourth-order valence-corrected chi connectivity index (χ4v) is 3.09. The Morgan fingerprint density at radius 2 is 1.24 bits per heavy atom. The van der Waals surface area contributed by atoms with Crippen molar-refractivity contribution in [2.75, 3.05) is 6.79 Å². The van der Waals surface area contributed by atoms with Crippen molar-refractivity contribution in [3.8, 4) is 34.3 Å². The van der Waals surface area contributed by atoms with Crippen molar-refractivity contribution in [2.24, 2.45) is 0 Å². The maximum atomic E-state index is 5.60. The van der Waals surface area contributed by atoms with Crippen molar-refractivity contribution in [2.45, 2.75) is 0 Å². The summed E-state index contributed by atoms with van der Waals surface area (Å²) < 4.78 is 28.0. The molecule has 10 heteroatoms. The van der Waals surface area contributed by atoms with Crippen LogP contribution in [0.5, 0.6) is 11.8 Å². The van der Waals surface area contributed by atoms with Gasteiger partial charge in [-0.3, -0.25) is 9.97 Å². The molecule has 4 aromatic heterocycles. The van der Waals surface area contributed by atoms with Crippen molar-refractivity contribution in [1.29, 1.82) is 0 Å². The minimum Gasteiger partial charge on any atom is -0.438 e. The Kier molecular flexibility index (Phi) is 4.53. The zero-order chi connectivity index (χ0) is 16.9. The van der Waals surface area contributed by atoms with Crippen LogP contribution >= 0.6 is 23.5 Å². The first-order chi connectivity index (χ1) is 12.4. The highest BCUT2D eigenvalue weighted by Crippen LogP contribution is 2.29. The Bertz CT molecular complexity index is 867. The average Bonchev–Trinajstić information content (AvgIpc) is 3.33. The van der Waals surface area contributed by atoms with Crippen LogP contribution in [-0.4, -0.2) is 34.3 Å². The SMILES string of the molecule is c1cncc(-c2nsnc2OCOc2nsnc2-c2cccnc2)c1. The molecule has 0 saturated heterocycles. The lowest BCUT2D eigenvalue weighted by molar-refractivity contribution is 0.113. The number of hydrogen-bond acceptors (Lipinski definition) is 10. The lowest BCUT2D eigenvalue weighted by atomic mass is 10.2. The van der Waals surface area contributed by atoms with Crippen molar-refractivity contribution < 1.29 is 9.47 Å². The Morgan fingerprint density at radius 1 is 0.720 bits per heavy atom. The molecule has 0 atom stereocenters. The number of rotatable bonds is 6. The molecule has 0 amide bonds. The van der Waals surface area contributed by atoms with E-state index < -0.39 is 0 Å². The highest BCUT2D eigenvalue weighted by atomic mass is 32.1. The third kappa shape index (κ3) is 3.44. The predicted molar refractivity (Wildman–Crippen MR) is 92.4 cm³/mol. The maximum Gasteiger partial charge on any atom is 0.256 e. The van der Waals surface area contributed by atoms with Crippen LogP contribution in [0.25, 0.3) is 22.5 Å². The van der Waals surface area contributed by atoms with Crippen LogP contribution in [0.4, 0.5) is 0 Å². The van der Waals surface area contributed by atoms with E-state index in [4.69, 9.17) is 9.47 Å². The Labute approximate surface area is 150 Å². The Hall–Kier alpha value is -2.98. The average molecular weight is 370 g/mol. The van der Waals surface area contributed by atoms with Gasteiger partial charge in [0, 0.05) is 35.9 Å². The van der Waals surface area contributed by atoms with Gasteiger partial charge in [-0.05, 0) is 24.3 Å². The molecule has 0 spiro atoms. The topological polar surface area (TPSA) is 95.8 Å². The summed E-state index contributed by atoms with van der Waals surface area (Å²) in [4.78, 5) is 8.15. The second-order valence-corrected chi connectivity index (χ2v) is 5.78. The van der Waals surface area contributed by atoms with Crippen LogP contribution in [0.3, 0.4) is 0 Å². The van der Waals surface area contributed by atoms with Crippen molar-refractivity contribution in [1.82, 2.24) is 27.5 Å². The molecule has 0 unspecified atom stereocenters. The molecule has 0 bridgehead atoms. The van der Waals surface area contributed by atoms with Crippen LogP contribution in [0.1, 0.15) is 0 Å². The molecule has 0 N–H and O–H groups in total. The lowest BCUT2D eigenvalue weighted by Crippen LogP contribution is -2.07. The zero-order valence-electron chi connectivity index (χ0n) is 12.6. The van der Waals surface area contributed by atoms with E-state index >= 15 is 0 Å². The number of nitrogens with zero attached hydrogens (tertiary/aromatic N) is 6. The van der Waals surface area contributed by atoms with E-state index in [1.165, 1.54) is 0 Å². The van der Waals surface area contributed by atoms with Gasteiger partial charge in [-0.1, -0.05) is 0 Å². The molecule has 8 nitrogen and oxygen atoms in total. The molecule has 0 saturated carbocycles. The van der Waals surface area contributed by atoms with Crippen molar-refractivity contribution >= 4 is 23.5 Å². The third-order valence-electron chi connectivity index (χ3n) is 3.18.